The van der Waals surface area contributed by atoms with Gasteiger partial charge in [-0.1, -0.05) is 12.5 Å². The Kier molecular flexibility index (Phi) is 4.18. The molecule has 1 N–H and O–H groups in total. The molecule has 1 aliphatic carbocycles. The first-order chi connectivity index (χ1) is 7.36. The molecule has 1 aromatic heterocycles. The molecule has 2 nitrogen and oxygen atoms in total. The lowest BCUT2D eigenvalue weighted by molar-refractivity contribution is 0.160. The summed E-state index contributed by atoms with van der Waals surface area (Å²) in [6.45, 7) is 3.30. The number of nitrogens with one attached hydrogen (secondary N) is 1. The first kappa shape index (κ1) is 11.1. The van der Waals surface area contributed by atoms with Gasteiger partial charge in [0, 0.05) is 30.6 Å². The average Bonchev–Trinajstić information content (AvgIpc) is 2.62. The van der Waals surface area contributed by atoms with E-state index in [4.69, 9.17) is 0 Å². The normalized spacial score (nSPS) is 16.9. The highest BCUT2D eigenvalue weighted by atomic mass is 32.1. The van der Waals surface area contributed by atoms with Crippen LogP contribution in [0.1, 0.15) is 24.1 Å². The summed E-state index contributed by atoms with van der Waals surface area (Å²) >= 11 is 1.83. The molecule has 0 aliphatic heterocycles. The fraction of sp³-hybridized carbons (Fsp3) is 0.667. The molecule has 0 atom stereocenters. The van der Waals surface area contributed by atoms with E-state index in [9.17, 15) is 0 Å². The fourth-order valence-corrected chi connectivity index (χ4v) is 2.56. The molecule has 3 heteroatoms. The maximum Gasteiger partial charge on any atom is 0.0300 e. The Morgan fingerprint density at radius 3 is 3.00 bits per heavy atom. The maximum absolute atomic E-state index is 3.49. The van der Waals surface area contributed by atoms with Gasteiger partial charge in [0.1, 0.15) is 0 Å². The predicted octanol–water partition coefficient (Wildman–Crippen LogP) is 2.32. The van der Waals surface area contributed by atoms with E-state index in [1.165, 1.54) is 30.7 Å². The van der Waals surface area contributed by atoms with E-state index < -0.39 is 0 Å². The van der Waals surface area contributed by atoms with Crippen LogP contribution in [0.4, 0.5) is 0 Å². The van der Waals surface area contributed by atoms with Crippen LogP contribution in [0.25, 0.3) is 0 Å². The minimum atomic E-state index is 0.869. The molecule has 0 bridgehead atoms. The zero-order valence-electron chi connectivity index (χ0n) is 9.41. The van der Waals surface area contributed by atoms with Gasteiger partial charge >= 0.3 is 0 Å². The van der Waals surface area contributed by atoms with Crippen LogP contribution in [0.15, 0.2) is 17.5 Å². The van der Waals surface area contributed by atoms with Crippen molar-refractivity contribution in [1.29, 1.82) is 0 Å². The second-order valence-electron chi connectivity index (χ2n) is 4.32. The van der Waals surface area contributed by atoms with Crippen molar-refractivity contribution in [2.45, 2.75) is 31.8 Å². The highest BCUT2D eigenvalue weighted by Gasteiger charge is 2.20. The first-order valence-corrected chi connectivity index (χ1v) is 6.67. The SMILES string of the molecule is CN(CCNCc1cccs1)C1CCC1. The van der Waals surface area contributed by atoms with Gasteiger partial charge in [-0.2, -0.15) is 0 Å². The fourth-order valence-electron chi connectivity index (χ4n) is 1.89. The number of thiophene rings is 1. The molecule has 0 spiro atoms. The largest absolute Gasteiger partial charge is 0.311 e. The highest BCUT2D eigenvalue weighted by Crippen LogP contribution is 2.22. The first-order valence-electron chi connectivity index (χ1n) is 5.79. The van der Waals surface area contributed by atoms with Crippen molar-refractivity contribution in [3.8, 4) is 0 Å². The molecule has 2 rings (SSSR count). The molecule has 0 saturated heterocycles. The van der Waals surface area contributed by atoms with Gasteiger partial charge in [0.05, 0.1) is 0 Å². The summed E-state index contributed by atoms with van der Waals surface area (Å²) in [7, 11) is 2.25. The lowest BCUT2D eigenvalue weighted by Crippen LogP contribution is -2.40. The summed E-state index contributed by atoms with van der Waals surface area (Å²) in [6.07, 6.45) is 4.24. The summed E-state index contributed by atoms with van der Waals surface area (Å²) in [4.78, 5) is 3.92. The molecule has 1 aliphatic rings. The summed E-state index contributed by atoms with van der Waals surface area (Å²) < 4.78 is 0. The predicted molar refractivity (Wildman–Crippen MR) is 66.3 cm³/mol. The van der Waals surface area contributed by atoms with Crippen LogP contribution in [0.3, 0.4) is 0 Å². The Labute approximate surface area is 96.3 Å². The Morgan fingerprint density at radius 1 is 1.53 bits per heavy atom. The Morgan fingerprint density at radius 2 is 2.40 bits per heavy atom. The van der Waals surface area contributed by atoms with Gasteiger partial charge in [0.15, 0.2) is 0 Å². The highest BCUT2D eigenvalue weighted by molar-refractivity contribution is 7.09. The Bertz CT molecular complexity index is 267. The Hall–Kier alpha value is -0.380. The van der Waals surface area contributed by atoms with Gasteiger partial charge in [0.2, 0.25) is 0 Å². The number of hydrogen-bond donors (Lipinski definition) is 1. The quantitative estimate of drug-likeness (QED) is 0.746. The zero-order chi connectivity index (χ0) is 10.5. The second-order valence-corrected chi connectivity index (χ2v) is 5.35. The molecule has 1 saturated carbocycles. The van der Waals surface area contributed by atoms with E-state index in [1.807, 2.05) is 11.3 Å². The molecule has 0 aromatic carbocycles. The van der Waals surface area contributed by atoms with Gasteiger partial charge in [-0.05, 0) is 31.3 Å². The van der Waals surface area contributed by atoms with E-state index in [0.717, 1.165) is 19.1 Å². The summed E-state index contributed by atoms with van der Waals surface area (Å²) in [5.74, 6) is 0. The van der Waals surface area contributed by atoms with Gasteiger partial charge in [-0.3, -0.25) is 0 Å². The number of likely N-dealkylation sites (N-methyl/N-ethyl adjacent to an activating group) is 1. The topological polar surface area (TPSA) is 15.3 Å². The smallest absolute Gasteiger partial charge is 0.0300 e. The van der Waals surface area contributed by atoms with Gasteiger partial charge in [0.25, 0.3) is 0 Å². The van der Waals surface area contributed by atoms with Crippen molar-refractivity contribution in [2.24, 2.45) is 0 Å². The number of rotatable bonds is 6. The molecule has 1 heterocycles. The lowest BCUT2D eigenvalue weighted by atomic mass is 9.92. The van der Waals surface area contributed by atoms with E-state index in [1.54, 1.807) is 0 Å². The average molecular weight is 224 g/mol. The van der Waals surface area contributed by atoms with E-state index in [0.29, 0.717) is 0 Å². The molecule has 0 unspecified atom stereocenters. The van der Waals surface area contributed by atoms with E-state index in [-0.39, 0.29) is 0 Å². The minimum absolute atomic E-state index is 0.869. The molecule has 15 heavy (non-hydrogen) atoms. The third kappa shape index (κ3) is 3.30. The maximum atomic E-state index is 3.49. The molecule has 1 fully saturated rings. The van der Waals surface area contributed by atoms with Crippen LogP contribution in [-0.2, 0) is 6.54 Å². The van der Waals surface area contributed by atoms with E-state index >= 15 is 0 Å². The Balaban J connectivity index is 1.54. The molecule has 1 aromatic rings. The molecular weight excluding hydrogens is 204 g/mol. The van der Waals surface area contributed by atoms with Crippen molar-refractivity contribution >= 4 is 11.3 Å². The van der Waals surface area contributed by atoms with Crippen molar-refractivity contribution in [3.63, 3.8) is 0 Å². The van der Waals surface area contributed by atoms with Crippen LogP contribution in [0.5, 0.6) is 0 Å². The van der Waals surface area contributed by atoms with Crippen molar-refractivity contribution in [3.05, 3.63) is 22.4 Å². The molecular formula is C12H20N2S. The van der Waals surface area contributed by atoms with Gasteiger partial charge < -0.3 is 10.2 Å². The van der Waals surface area contributed by atoms with Crippen molar-refractivity contribution in [1.82, 2.24) is 10.2 Å². The van der Waals surface area contributed by atoms with Crippen LogP contribution in [-0.4, -0.2) is 31.1 Å². The van der Waals surface area contributed by atoms with Crippen LogP contribution < -0.4 is 5.32 Å². The standard InChI is InChI=1S/C12H20N2S/c1-14(11-4-2-5-11)8-7-13-10-12-6-3-9-15-12/h3,6,9,11,13H,2,4-5,7-8,10H2,1H3. The van der Waals surface area contributed by atoms with E-state index in [2.05, 4.69) is 34.8 Å². The lowest BCUT2D eigenvalue weighted by Gasteiger charge is -2.34. The molecule has 84 valence electrons. The van der Waals surface area contributed by atoms with Gasteiger partial charge in [-0.15, -0.1) is 11.3 Å². The summed E-state index contributed by atoms with van der Waals surface area (Å²) in [6, 6.07) is 5.17. The van der Waals surface area contributed by atoms with Crippen molar-refractivity contribution < 1.29 is 0 Å². The third-order valence-electron chi connectivity index (χ3n) is 3.22. The molecule has 0 amide bonds. The second kappa shape index (κ2) is 5.64. The monoisotopic (exact) mass is 224 g/mol. The van der Waals surface area contributed by atoms with Crippen LogP contribution in [0.2, 0.25) is 0 Å². The number of hydrogen-bond acceptors (Lipinski definition) is 3. The zero-order valence-corrected chi connectivity index (χ0v) is 10.2. The van der Waals surface area contributed by atoms with Crippen LogP contribution in [0, 0.1) is 0 Å². The minimum Gasteiger partial charge on any atom is -0.311 e. The van der Waals surface area contributed by atoms with Crippen molar-refractivity contribution in [2.75, 3.05) is 20.1 Å². The summed E-state index contributed by atoms with van der Waals surface area (Å²) in [5.41, 5.74) is 0. The summed E-state index contributed by atoms with van der Waals surface area (Å²) in [5, 5.41) is 5.63. The third-order valence-corrected chi connectivity index (χ3v) is 4.10. The van der Waals surface area contributed by atoms with Crippen LogP contribution >= 0.6 is 11.3 Å². The molecule has 0 radical (unpaired) electrons. The number of nitrogens with zero attached hydrogens (tertiary/aromatic N) is 1. The van der Waals surface area contributed by atoms with Gasteiger partial charge in [-0.25, -0.2) is 0 Å².